The van der Waals surface area contributed by atoms with Crippen LogP contribution >= 0.6 is 0 Å². The van der Waals surface area contributed by atoms with Gasteiger partial charge < -0.3 is 14.4 Å². The molecule has 2 fully saturated rings. The molecule has 2 atom stereocenters. The molecule has 138 valence electrons. The Kier molecular flexibility index (Phi) is 6.42. The van der Waals surface area contributed by atoms with Crippen molar-refractivity contribution in [3.05, 3.63) is 35.9 Å². The minimum Gasteiger partial charge on any atom is -0.376 e. The normalized spacial score (nSPS) is 23.6. The van der Waals surface area contributed by atoms with Crippen LogP contribution in [-0.4, -0.2) is 93.4 Å². The molecule has 2 saturated heterocycles. The summed E-state index contributed by atoms with van der Waals surface area (Å²) in [5.41, 5.74) is 1.05. The first-order valence-corrected chi connectivity index (χ1v) is 9.07. The summed E-state index contributed by atoms with van der Waals surface area (Å²) in [5, 5.41) is 0. The van der Waals surface area contributed by atoms with Crippen LogP contribution in [0.25, 0.3) is 0 Å². The van der Waals surface area contributed by atoms with E-state index in [9.17, 15) is 4.79 Å². The molecular weight excluding hydrogens is 318 g/mol. The van der Waals surface area contributed by atoms with Crippen LogP contribution in [0, 0.1) is 0 Å². The van der Waals surface area contributed by atoms with E-state index in [0.717, 1.165) is 38.3 Å². The van der Waals surface area contributed by atoms with Crippen molar-refractivity contribution in [2.45, 2.75) is 12.1 Å². The van der Waals surface area contributed by atoms with Crippen molar-refractivity contribution in [3.63, 3.8) is 0 Å². The summed E-state index contributed by atoms with van der Waals surface area (Å²) >= 11 is 0. The fraction of sp³-hybridized carbons (Fsp3) is 0.632. The van der Waals surface area contributed by atoms with Gasteiger partial charge in [-0.2, -0.15) is 0 Å². The first kappa shape index (κ1) is 18.3. The highest BCUT2D eigenvalue weighted by molar-refractivity contribution is 5.83. The highest BCUT2D eigenvalue weighted by atomic mass is 16.6. The number of rotatable bonds is 5. The molecule has 0 aliphatic carbocycles. The highest BCUT2D eigenvalue weighted by Crippen LogP contribution is 2.21. The Hall–Kier alpha value is -1.47. The van der Waals surface area contributed by atoms with Gasteiger partial charge in [-0.05, 0) is 19.7 Å². The van der Waals surface area contributed by atoms with Gasteiger partial charge in [0.2, 0.25) is 5.91 Å². The lowest BCUT2D eigenvalue weighted by atomic mass is 10.0. The molecule has 0 aromatic heterocycles. The Bertz CT molecular complexity index is 538. The Balaban J connectivity index is 1.55. The largest absolute Gasteiger partial charge is 0.376 e. The topological polar surface area (TPSA) is 45.3 Å². The molecule has 1 amide bonds. The maximum atomic E-state index is 13.1. The van der Waals surface area contributed by atoms with Crippen LogP contribution in [0.1, 0.15) is 11.6 Å². The number of piperazine rings is 1. The third-order valence-corrected chi connectivity index (χ3v) is 4.90. The monoisotopic (exact) mass is 347 g/mol. The fourth-order valence-electron chi connectivity index (χ4n) is 3.55. The molecule has 1 aromatic carbocycles. The number of ether oxygens (including phenoxy) is 2. The molecule has 0 unspecified atom stereocenters. The van der Waals surface area contributed by atoms with E-state index in [1.165, 1.54) is 0 Å². The molecular formula is C19H29N3O3. The first-order chi connectivity index (χ1) is 12.1. The summed E-state index contributed by atoms with van der Waals surface area (Å²) in [6, 6.07) is 9.80. The standard InChI is InChI=1S/C19H29N3O3/c1-20(2)18(16-6-4-3-5-7-16)19(23)22-10-8-21(9-11-22)14-17-15-24-12-13-25-17/h3-7,17-18H,8-15H2,1-2H3/t17-,18+/m0/s1. The van der Waals surface area contributed by atoms with Crippen LogP contribution in [-0.2, 0) is 14.3 Å². The van der Waals surface area contributed by atoms with Gasteiger partial charge in [0.05, 0.1) is 25.9 Å². The summed E-state index contributed by atoms with van der Waals surface area (Å²) in [5.74, 6) is 0.188. The smallest absolute Gasteiger partial charge is 0.244 e. The van der Waals surface area contributed by atoms with Crippen LogP contribution in [0.3, 0.4) is 0 Å². The van der Waals surface area contributed by atoms with Crippen molar-refractivity contribution in [3.8, 4) is 0 Å². The number of hydrogen-bond acceptors (Lipinski definition) is 5. The van der Waals surface area contributed by atoms with Gasteiger partial charge >= 0.3 is 0 Å². The van der Waals surface area contributed by atoms with Crippen LogP contribution in [0.5, 0.6) is 0 Å². The summed E-state index contributed by atoms with van der Waals surface area (Å²) in [6.45, 7) is 6.26. The van der Waals surface area contributed by atoms with Crippen LogP contribution < -0.4 is 0 Å². The molecule has 25 heavy (non-hydrogen) atoms. The Labute approximate surface area is 150 Å². The molecule has 0 N–H and O–H groups in total. The maximum absolute atomic E-state index is 13.1. The predicted octanol–water partition coefficient (Wildman–Crippen LogP) is 0.849. The zero-order chi connectivity index (χ0) is 17.6. The first-order valence-electron chi connectivity index (χ1n) is 9.07. The summed E-state index contributed by atoms with van der Waals surface area (Å²) in [6.07, 6.45) is 0.162. The summed E-state index contributed by atoms with van der Waals surface area (Å²) in [4.78, 5) is 19.4. The van der Waals surface area contributed by atoms with Gasteiger partial charge in [-0.25, -0.2) is 0 Å². The molecule has 3 rings (SSSR count). The molecule has 0 bridgehead atoms. The molecule has 6 heteroatoms. The second-order valence-corrected chi connectivity index (χ2v) is 6.97. The number of amides is 1. The van der Waals surface area contributed by atoms with E-state index in [2.05, 4.69) is 4.90 Å². The molecule has 0 saturated carbocycles. The molecule has 0 radical (unpaired) electrons. The average Bonchev–Trinajstić information content (AvgIpc) is 2.64. The molecule has 2 heterocycles. The zero-order valence-electron chi connectivity index (χ0n) is 15.3. The van der Waals surface area contributed by atoms with Crippen molar-refractivity contribution in [1.82, 2.24) is 14.7 Å². The maximum Gasteiger partial charge on any atom is 0.244 e. The van der Waals surface area contributed by atoms with Gasteiger partial charge in [-0.15, -0.1) is 0 Å². The average molecular weight is 347 g/mol. The molecule has 6 nitrogen and oxygen atoms in total. The molecule has 2 aliphatic heterocycles. The number of benzene rings is 1. The van der Waals surface area contributed by atoms with E-state index < -0.39 is 0 Å². The van der Waals surface area contributed by atoms with E-state index in [1.807, 2.05) is 54.2 Å². The second-order valence-electron chi connectivity index (χ2n) is 6.97. The van der Waals surface area contributed by atoms with Gasteiger partial charge in [0.15, 0.2) is 0 Å². The van der Waals surface area contributed by atoms with E-state index >= 15 is 0 Å². The SMILES string of the molecule is CN(C)[C@@H](C(=O)N1CCN(C[C@H]2COCCO2)CC1)c1ccccc1. The quantitative estimate of drug-likeness (QED) is 0.790. The Morgan fingerprint density at radius 1 is 1.16 bits per heavy atom. The number of carbonyl (C=O) groups is 1. The number of hydrogen-bond donors (Lipinski definition) is 0. The third kappa shape index (κ3) is 4.79. The highest BCUT2D eigenvalue weighted by Gasteiger charge is 2.30. The molecule has 0 spiro atoms. The van der Waals surface area contributed by atoms with Gasteiger partial charge in [-0.3, -0.25) is 14.6 Å². The van der Waals surface area contributed by atoms with Gasteiger partial charge in [0.25, 0.3) is 0 Å². The molecule has 1 aromatic rings. The van der Waals surface area contributed by atoms with Crippen molar-refractivity contribution in [1.29, 1.82) is 0 Å². The van der Waals surface area contributed by atoms with Crippen molar-refractivity contribution in [2.75, 3.05) is 66.6 Å². The van der Waals surface area contributed by atoms with Gasteiger partial charge in [0, 0.05) is 32.7 Å². The minimum absolute atomic E-state index is 0.162. The lowest BCUT2D eigenvalue weighted by Crippen LogP contribution is -2.53. The third-order valence-electron chi connectivity index (χ3n) is 4.90. The van der Waals surface area contributed by atoms with Crippen LogP contribution in [0.2, 0.25) is 0 Å². The van der Waals surface area contributed by atoms with E-state index in [1.54, 1.807) is 0 Å². The van der Waals surface area contributed by atoms with Crippen molar-refractivity contribution in [2.24, 2.45) is 0 Å². The number of nitrogens with zero attached hydrogens (tertiary/aromatic N) is 3. The van der Waals surface area contributed by atoms with Gasteiger partial charge in [-0.1, -0.05) is 30.3 Å². The summed E-state index contributed by atoms with van der Waals surface area (Å²) < 4.78 is 11.2. The van der Waals surface area contributed by atoms with Crippen LogP contribution in [0.15, 0.2) is 30.3 Å². The van der Waals surface area contributed by atoms with Crippen LogP contribution in [0.4, 0.5) is 0 Å². The Morgan fingerprint density at radius 2 is 1.88 bits per heavy atom. The minimum atomic E-state index is -0.220. The lowest BCUT2D eigenvalue weighted by molar-refractivity contribution is -0.139. The Morgan fingerprint density at radius 3 is 2.48 bits per heavy atom. The molecule has 2 aliphatic rings. The van der Waals surface area contributed by atoms with Crippen molar-refractivity contribution < 1.29 is 14.3 Å². The second kappa shape index (κ2) is 8.76. The predicted molar refractivity (Wildman–Crippen MR) is 96.4 cm³/mol. The van der Waals surface area contributed by atoms with E-state index in [0.29, 0.717) is 19.8 Å². The number of likely N-dealkylation sites (N-methyl/N-ethyl adjacent to an activating group) is 1. The lowest BCUT2D eigenvalue weighted by Gasteiger charge is -2.39. The van der Waals surface area contributed by atoms with E-state index in [-0.39, 0.29) is 18.1 Å². The van der Waals surface area contributed by atoms with Crippen molar-refractivity contribution >= 4 is 5.91 Å². The number of carbonyl (C=O) groups excluding carboxylic acids is 1. The van der Waals surface area contributed by atoms with E-state index in [4.69, 9.17) is 9.47 Å². The summed E-state index contributed by atoms with van der Waals surface area (Å²) in [7, 11) is 3.93. The fourth-order valence-corrected chi connectivity index (χ4v) is 3.55. The van der Waals surface area contributed by atoms with Gasteiger partial charge in [0.1, 0.15) is 6.04 Å². The zero-order valence-corrected chi connectivity index (χ0v) is 15.3.